The quantitative estimate of drug-likeness (QED) is 0.644. The average Bonchev–Trinajstić information content (AvgIpc) is 3.61. The van der Waals surface area contributed by atoms with Gasteiger partial charge in [0.25, 0.3) is 5.56 Å². The molecule has 30 heavy (non-hydrogen) atoms. The van der Waals surface area contributed by atoms with Crippen molar-refractivity contribution in [3.05, 3.63) is 70.2 Å². The molecule has 0 radical (unpaired) electrons. The molecule has 8 nitrogen and oxygen atoms in total. The standard InChI is InChI=1S/C22H25N7O/c1-16-14-20(25-22(24-16)17-5-6-17)28-12-10-27(11-13-28)19-7-8-21(30)29(26-19)15-18-4-2-3-9-23-18/h2-4,7-9,14,17H,5-6,10-13,15H2,1H3. The summed E-state index contributed by atoms with van der Waals surface area (Å²) in [5.74, 6) is 3.39. The summed E-state index contributed by atoms with van der Waals surface area (Å²) in [7, 11) is 0. The number of hydrogen-bond acceptors (Lipinski definition) is 7. The van der Waals surface area contributed by atoms with E-state index in [9.17, 15) is 4.79 Å². The van der Waals surface area contributed by atoms with E-state index < -0.39 is 0 Å². The number of aromatic nitrogens is 5. The molecule has 0 unspecified atom stereocenters. The zero-order chi connectivity index (χ0) is 20.5. The van der Waals surface area contributed by atoms with Crippen molar-refractivity contribution < 1.29 is 0 Å². The zero-order valence-corrected chi connectivity index (χ0v) is 17.1. The highest BCUT2D eigenvalue weighted by atomic mass is 16.1. The second-order valence-corrected chi connectivity index (χ2v) is 7.98. The highest BCUT2D eigenvalue weighted by Gasteiger charge is 2.28. The molecule has 0 spiro atoms. The lowest BCUT2D eigenvalue weighted by Crippen LogP contribution is -2.47. The molecule has 0 bridgehead atoms. The van der Waals surface area contributed by atoms with Crippen molar-refractivity contribution in [3.8, 4) is 0 Å². The van der Waals surface area contributed by atoms with Gasteiger partial charge in [0.2, 0.25) is 0 Å². The van der Waals surface area contributed by atoms with Gasteiger partial charge < -0.3 is 9.80 Å². The lowest BCUT2D eigenvalue weighted by Gasteiger charge is -2.36. The Morgan fingerprint density at radius 2 is 1.73 bits per heavy atom. The molecule has 0 N–H and O–H groups in total. The summed E-state index contributed by atoms with van der Waals surface area (Å²) in [5, 5.41) is 4.59. The van der Waals surface area contributed by atoms with Gasteiger partial charge in [-0.3, -0.25) is 9.78 Å². The number of hydrogen-bond donors (Lipinski definition) is 0. The SMILES string of the molecule is Cc1cc(N2CCN(c3ccc(=O)n(Cc4ccccn4)n3)CC2)nc(C2CC2)n1. The largest absolute Gasteiger partial charge is 0.353 e. The van der Waals surface area contributed by atoms with Crippen LogP contribution in [-0.4, -0.2) is 50.9 Å². The number of anilines is 2. The van der Waals surface area contributed by atoms with Gasteiger partial charge >= 0.3 is 0 Å². The summed E-state index contributed by atoms with van der Waals surface area (Å²) in [6, 6.07) is 11.2. The molecule has 2 aliphatic rings. The van der Waals surface area contributed by atoms with Crippen LogP contribution >= 0.6 is 0 Å². The van der Waals surface area contributed by atoms with Crippen LogP contribution in [0.2, 0.25) is 0 Å². The van der Waals surface area contributed by atoms with Crippen molar-refractivity contribution in [2.75, 3.05) is 36.0 Å². The molecular weight excluding hydrogens is 378 g/mol. The Balaban J connectivity index is 1.29. The average molecular weight is 403 g/mol. The van der Waals surface area contributed by atoms with Gasteiger partial charge in [-0.2, -0.15) is 5.10 Å². The third-order valence-electron chi connectivity index (χ3n) is 5.62. The molecule has 1 saturated carbocycles. The van der Waals surface area contributed by atoms with Crippen molar-refractivity contribution in [3.63, 3.8) is 0 Å². The summed E-state index contributed by atoms with van der Waals surface area (Å²) in [5.41, 5.74) is 1.74. The Bertz CT molecular complexity index is 1090. The predicted octanol–water partition coefficient (Wildman–Crippen LogP) is 1.99. The van der Waals surface area contributed by atoms with Crippen LogP contribution < -0.4 is 15.4 Å². The lowest BCUT2D eigenvalue weighted by molar-refractivity contribution is 0.594. The molecule has 0 atom stereocenters. The molecule has 3 aromatic heterocycles. The third-order valence-corrected chi connectivity index (χ3v) is 5.62. The van der Waals surface area contributed by atoms with E-state index in [1.807, 2.05) is 31.2 Å². The summed E-state index contributed by atoms with van der Waals surface area (Å²) < 4.78 is 1.49. The van der Waals surface area contributed by atoms with E-state index in [-0.39, 0.29) is 5.56 Å². The summed E-state index contributed by atoms with van der Waals surface area (Å²) in [6.07, 6.45) is 4.14. The maximum Gasteiger partial charge on any atom is 0.267 e. The number of rotatable bonds is 5. The van der Waals surface area contributed by atoms with E-state index in [1.165, 1.54) is 17.5 Å². The molecular formula is C22H25N7O. The van der Waals surface area contributed by atoms with Crippen LogP contribution in [0.5, 0.6) is 0 Å². The van der Waals surface area contributed by atoms with Gasteiger partial charge in [-0.25, -0.2) is 14.6 Å². The number of nitrogens with zero attached hydrogens (tertiary/aromatic N) is 7. The van der Waals surface area contributed by atoms with Crippen molar-refractivity contribution in [2.24, 2.45) is 0 Å². The van der Waals surface area contributed by atoms with Crippen LogP contribution in [0.1, 0.15) is 36.0 Å². The van der Waals surface area contributed by atoms with E-state index in [1.54, 1.807) is 12.3 Å². The lowest BCUT2D eigenvalue weighted by atomic mass is 10.2. The number of piperazine rings is 1. The van der Waals surface area contributed by atoms with Gasteiger partial charge in [0.05, 0.1) is 12.2 Å². The smallest absolute Gasteiger partial charge is 0.267 e. The summed E-state index contributed by atoms with van der Waals surface area (Å²) in [6.45, 7) is 5.80. The second kappa shape index (κ2) is 7.85. The van der Waals surface area contributed by atoms with Gasteiger partial charge in [-0.1, -0.05) is 6.07 Å². The molecule has 1 saturated heterocycles. The Labute approximate surface area is 175 Å². The first kappa shape index (κ1) is 18.7. The first-order valence-corrected chi connectivity index (χ1v) is 10.5. The molecule has 154 valence electrons. The monoisotopic (exact) mass is 403 g/mol. The molecule has 8 heteroatoms. The van der Waals surface area contributed by atoms with Crippen molar-refractivity contribution in [1.82, 2.24) is 24.7 Å². The highest BCUT2D eigenvalue weighted by molar-refractivity contribution is 5.45. The summed E-state index contributed by atoms with van der Waals surface area (Å²) in [4.78, 5) is 30.5. The van der Waals surface area contributed by atoms with Gasteiger partial charge in [0.1, 0.15) is 17.5 Å². The van der Waals surface area contributed by atoms with Crippen molar-refractivity contribution in [2.45, 2.75) is 32.2 Å². The molecule has 0 aromatic carbocycles. The number of pyridine rings is 1. The van der Waals surface area contributed by atoms with E-state index >= 15 is 0 Å². The van der Waals surface area contributed by atoms with E-state index in [0.717, 1.165) is 55.0 Å². The minimum absolute atomic E-state index is 0.118. The Morgan fingerprint density at radius 3 is 2.43 bits per heavy atom. The van der Waals surface area contributed by atoms with Gasteiger partial charge in [0.15, 0.2) is 0 Å². The summed E-state index contributed by atoms with van der Waals surface area (Å²) >= 11 is 0. The minimum Gasteiger partial charge on any atom is -0.353 e. The van der Waals surface area contributed by atoms with Crippen molar-refractivity contribution in [1.29, 1.82) is 0 Å². The topological polar surface area (TPSA) is 80.0 Å². The highest BCUT2D eigenvalue weighted by Crippen LogP contribution is 2.38. The third kappa shape index (κ3) is 4.03. The van der Waals surface area contributed by atoms with Crippen LogP contribution in [0.3, 0.4) is 0 Å². The maximum absolute atomic E-state index is 12.3. The zero-order valence-electron chi connectivity index (χ0n) is 17.1. The fourth-order valence-corrected chi connectivity index (χ4v) is 3.79. The van der Waals surface area contributed by atoms with E-state index in [4.69, 9.17) is 4.98 Å². The van der Waals surface area contributed by atoms with Crippen LogP contribution in [0, 0.1) is 6.92 Å². The fourth-order valence-electron chi connectivity index (χ4n) is 3.79. The van der Waals surface area contributed by atoms with E-state index in [2.05, 4.69) is 30.9 Å². The Morgan fingerprint density at radius 1 is 0.967 bits per heavy atom. The molecule has 5 rings (SSSR count). The van der Waals surface area contributed by atoms with Gasteiger partial charge in [-0.15, -0.1) is 0 Å². The van der Waals surface area contributed by atoms with Crippen LogP contribution in [-0.2, 0) is 6.54 Å². The van der Waals surface area contributed by atoms with Crippen LogP contribution in [0.15, 0.2) is 47.4 Å². The molecule has 3 aromatic rings. The first-order valence-electron chi connectivity index (χ1n) is 10.5. The molecule has 2 fully saturated rings. The van der Waals surface area contributed by atoms with Crippen molar-refractivity contribution >= 4 is 11.6 Å². The normalized spacial score (nSPS) is 16.7. The van der Waals surface area contributed by atoms with E-state index in [0.29, 0.717) is 12.5 Å². The fraction of sp³-hybridized carbons (Fsp3) is 0.409. The maximum atomic E-state index is 12.3. The minimum atomic E-state index is -0.118. The van der Waals surface area contributed by atoms with Gasteiger partial charge in [0, 0.05) is 56.1 Å². The van der Waals surface area contributed by atoms with Crippen LogP contribution in [0.25, 0.3) is 0 Å². The molecule has 4 heterocycles. The Hall–Kier alpha value is -3.29. The number of aryl methyl sites for hydroxylation is 1. The van der Waals surface area contributed by atoms with Gasteiger partial charge in [-0.05, 0) is 38.0 Å². The molecule has 1 aliphatic carbocycles. The second-order valence-electron chi connectivity index (χ2n) is 7.98. The van der Waals surface area contributed by atoms with Crippen LogP contribution in [0.4, 0.5) is 11.6 Å². The molecule has 0 amide bonds. The Kier molecular flexibility index (Phi) is 4.90. The first-order chi connectivity index (χ1) is 14.7. The predicted molar refractivity (Wildman–Crippen MR) is 115 cm³/mol. The molecule has 1 aliphatic heterocycles.